The molecule has 1 aliphatic rings. The van der Waals surface area contributed by atoms with E-state index < -0.39 is 0 Å². The smallest absolute Gasteiger partial charge is 0.243 e. The molecule has 1 fully saturated rings. The third-order valence-corrected chi connectivity index (χ3v) is 5.30. The van der Waals surface area contributed by atoms with E-state index in [1.165, 1.54) is 11.3 Å². The molecule has 0 bridgehead atoms. The van der Waals surface area contributed by atoms with Crippen LogP contribution in [0.3, 0.4) is 0 Å². The van der Waals surface area contributed by atoms with Crippen LogP contribution < -0.4 is 5.32 Å². The van der Waals surface area contributed by atoms with Gasteiger partial charge in [-0.05, 0) is 19.4 Å². The van der Waals surface area contributed by atoms with Gasteiger partial charge in [0.15, 0.2) is 10.1 Å². The van der Waals surface area contributed by atoms with Crippen LogP contribution in [0, 0.1) is 0 Å². The van der Waals surface area contributed by atoms with Crippen molar-refractivity contribution in [1.82, 2.24) is 19.3 Å². The van der Waals surface area contributed by atoms with E-state index in [2.05, 4.69) is 20.2 Å². The maximum Gasteiger partial charge on any atom is 0.243 e. The molecule has 4 heterocycles. The van der Waals surface area contributed by atoms with Crippen molar-refractivity contribution in [3.63, 3.8) is 0 Å². The van der Waals surface area contributed by atoms with Crippen LogP contribution in [0.25, 0.3) is 4.96 Å². The lowest BCUT2D eigenvalue weighted by Gasteiger charge is -2.22. The minimum atomic E-state index is -0.0939. The summed E-state index contributed by atoms with van der Waals surface area (Å²) in [6.45, 7) is 1.64. The first-order chi connectivity index (χ1) is 10.8. The van der Waals surface area contributed by atoms with Crippen LogP contribution in [0.2, 0.25) is 0 Å². The minimum Gasteiger partial charge on any atom is -0.301 e. The molecule has 22 heavy (non-hydrogen) atoms. The lowest BCUT2D eigenvalue weighted by Crippen LogP contribution is -2.39. The van der Waals surface area contributed by atoms with Crippen molar-refractivity contribution in [2.24, 2.45) is 0 Å². The molecule has 0 radical (unpaired) electrons. The number of thiazole rings is 2. The van der Waals surface area contributed by atoms with Crippen LogP contribution in [-0.2, 0) is 11.3 Å². The Morgan fingerprint density at radius 3 is 3.18 bits per heavy atom. The molecule has 0 aliphatic carbocycles. The van der Waals surface area contributed by atoms with E-state index in [0.29, 0.717) is 11.7 Å². The number of carbonyl (C=O) groups is 1. The summed E-state index contributed by atoms with van der Waals surface area (Å²) in [5.41, 5.74) is 1.01. The van der Waals surface area contributed by atoms with Crippen molar-refractivity contribution in [2.75, 3.05) is 11.9 Å². The fourth-order valence-corrected chi connectivity index (χ4v) is 4.10. The number of imidazole rings is 1. The molecule has 1 aliphatic heterocycles. The quantitative estimate of drug-likeness (QED) is 0.797. The van der Waals surface area contributed by atoms with E-state index in [1.54, 1.807) is 17.5 Å². The Morgan fingerprint density at radius 1 is 1.41 bits per heavy atom. The van der Waals surface area contributed by atoms with Crippen molar-refractivity contribution in [3.8, 4) is 0 Å². The Bertz CT molecular complexity index is 750. The number of carbonyl (C=O) groups excluding carboxylic acids is 1. The average molecular weight is 333 g/mol. The van der Waals surface area contributed by atoms with Crippen molar-refractivity contribution in [2.45, 2.75) is 25.4 Å². The fraction of sp³-hybridized carbons (Fsp3) is 0.357. The summed E-state index contributed by atoms with van der Waals surface area (Å²) in [6.07, 6.45) is 7.68. The van der Waals surface area contributed by atoms with Crippen molar-refractivity contribution >= 4 is 38.7 Å². The lowest BCUT2D eigenvalue weighted by atomic mass is 10.2. The van der Waals surface area contributed by atoms with Gasteiger partial charge in [0.2, 0.25) is 5.91 Å². The van der Waals surface area contributed by atoms with Crippen LogP contribution in [-0.4, -0.2) is 37.8 Å². The second-order valence-corrected chi connectivity index (χ2v) is 7.05. The highest BCUT2D eigenvalue weighted by atomic mass is 32.1. The Kier molecular flexibility index (Phi) is 3.65. The van der Waals surface area contributed by atoms with Gasteiger partial charge in [0.25, 0.3) is 0 Å². The first kappa shape index (κ1) is 13.9. The summed E-state index contributed by atoms with van der Waals surface area (Å²) in [6, 6.07) is -0.0939. The molecular formula is C14H15N5OS2. The predicted molar refractivity (Wildman–Crippen MR) is 87.2 cm³/mol. The van der Waals surface area contributed by atoms with Gasteiger partial charge in [0.05, 0.1) is 11.7 Å². The highest BCUT2D eigenvalue weighted by Gasteiger charge is 2.31. The Balaban J connectivity index is 1.46. The van der Waals surface area contributed by atoms with E-state index in [-0.39, 0.29) is 11.9 Å². The third kappa shape index (κ3) is 2.65. The van der Waals surface area contributed by atoms with Crippen LogP contribution in [0.5, 0.6) is 0 Å². The summed E-state index contributed by atoms with van der Waals surface area (Å²) in [5, 5.41) is 7.45. The van der Waals surface area contributed by atoms with E-state index >= 15 is 0 Å². The van der Waals surface area contributed by atoms with Crippen molar-refractivity contribution in [3.05, 3.63) is 35.0 Å². The summed E-state index contributed by atoms with van der Waals surface area (Å²) in [4.78, 5) is 24.3. The van der Waals surface area contributed by atoms with E-state index in [4.69, 9.17) is 0 Å². The number of hydrogen-bond donors (Lipinski definition) is 1. The summed E-state index contributed by atoms with van der Waals surface area (Å²) < 4.78 is 2.03. The normalized spacial score (nSPS) is 19.0. The van der Waals surface area contributed by atoms with Crippen LogP contribution in [0.1, 0.15) is 18.5 Å². The maximum atomic E-state index is 12.4. The molecule has 0 aromatic carbocycles. The summed E-state index contributed by atoms with van der Waals surface area (Å²) in [5.74, 6) is 0.0356. The lowest BCUT2D eigenvalue weighted by molar-refractivity contribution is -0.120. The number of nitrogens with zero attached hydrogens (tertiary/aromatic N) is 4. The highest BCUT2D eigenvalue weighted by Crippen LogP contribution is 2.22. The minimum absolute atomic E-state index is 0.0356. The monoisotopic (exact) mass is 333 g/mol. The molecule has 1 atom stereocenters. The van der Waals surface area contributed by atoms with Crippen molar-refractivity contribution in [1.29, 1.82) is 0 Å². The standard InChI is InChI=1S/C14H15N5OS2/c20-12(17-13-15-3-6-21-13)11-2-1-4-18(11)8-10-9-19-5-7-22-14(19)16-10/h3,5-7,9,11H,1-2,4,8H2,(H,15,17,20)/t11-/m0/s1. The fourth-order valence-electron chi connectivity index (χ4n) is 2.85. The van der Waals surface area contributed by atoms with Gasteiger partial charge in [-0.25, -0.2) is 9.97 Å². The second kappa shape index (κ2) is 5.79. The predicted octanol–water partition coefficient (Wildman–Crippen LogP) is 2.46. The number of aromatic nitrogens is 3. The van der Waals surface area contributed by atoms with Gasteiger partial charge in [0.1, 0.15) is 0 Å². The first-order valence-corrected chi connectivity index (χ1v) is 8.91. The molecule has 1 N–H and O–H groups in total. The molecule has 4 rings (SSSR count). The topological polar surface area (TPSA) is 62.5 Å². The number of amides is 1. The van der Waals surface area contributed by atoms with Gasteiger partial charge in [0, 0.05) is 35.9 Å². The Morgan fingerprint density at radius 2 is 2.36 bits per heavy atom. The number of nitrogens with one attached hydrogen (secondary N) is 1. The number of fused-ring (bicyclic) bond motifs is 1. The van der Waals surface area contributed by atoms with Crippen LogP contribution in [0.4, 0.5) is 5.13 Å². The molecule has 0 spiro atoms. The number of likely N-dealkylation sites (tertiary alicyclic amines) is 1. The molecule has 0 saturated carbocycles. The Labute approximate surface area is 135 Å². The summed E-state index contributed by atoms with van der Waals surface area (Å²) in [7, 11) is 0. The van der Waals surface area contributed by atoms with Gasteiger partial charge in [-0.15, -0.1) is 22.7 Å². The molecule has 3 aromatic heterocycles. The molecule has 8 heteroatoms. The maximum absolute atomic E-state index is 12.4. The highest BCUT2D eigenvalue weighted by molar-refractivity contribution is 7.15. The van der Waals surface area contributed by atoms with Gasteiger partial charge < -0.3 is 5.32 Å². The SMILES string of the molecule is O=C(Nc1nccs1)[C@@H]1CCCN1Cc1cn2ccsc2n1. The molecule has 3 aromatic rings. The van der Waals surface area contributed by atoms with Gasteiger partial charge in [-0.2, -0.15) is 0 Å². The number of rotatable bonds is 4. The second-order valence-electron chi connectivity index (χ2n) is 5.28. The van der Waals surface area contributed by atoms with Gasteiger partial charge in [-0.3, -0.25) is 14.1 Å². The van der Waals surface area contributed by atoms with E-state index in [1.807, 2.05) is 27.6 Å². The van der Waals surface area contributed by atoms with E-state index in [9.17, 15) is 4.79 Å². The first-order valence-electron chi connectivity index (χ1n) is 7.15. The number of anilines is 1. The zero-order valence-electron chi connectivity index (χ0n) is 11.8. The third-order valence-electron chi connectivity index (χ3n) is 3.84. The number of hydrogen-bond acceptors (Lipinski definition) is 6. The molecule has 6 nitrogen and oxygen atoms in total. The zero-order chi connectivity index (χ0) is 14.9. The van der Waals surface area contributed by atoms with Crippen LogP contribution in [0.15, 0.2) is 29.4 Å². The average Bonchev–Trinajstić information content (AvgIpc) is 3.20. The van der Waals surface area contributed by atoms with Gasteiger partial charge in [-0.1, -0.05) is 0 Å². The van der Waals surface area contributed by atoms with E-state index in [0.717, 1.165) is 30.0 Å². The largest absolute Gasteiger partial charge is 0.301 e. The molecule has 1 saturated heterocycles. The molecule has 1 amide bonds. The zero-order valence-corrected chi connectivity index (χ0v) is 13.4. The Hall–Kier alpha value is -1.77. The molecule has 114 valence electrons. The van der Waals surface area contributed by atoms with Gasteiger partial charge >= 0.3 is 0 Å². The van der Waals surface area contributed by atoms with Crippen LogP contribution >= 0.6 is 22.7 Å². The molecule has 0 unspecified atom stereocenters. The summed E-state index contributed by atoms with van der Waals surface area (Å²) >= 11 is 3.07. The molecular weight excluding hydrogens is 318 g/mol. The van der Waals surface area contributed by atoms with Crippen molar-refractivity contribution < 1.29 is 4.79 Å².